The van der Waals surface area contributed by atoms with Crippen LogP contribution in [0.3, 0.4) is 0 Å². The molecule has 0 aliphatic heterocycles. The van der Waals surface area contributed by atoms with Gasteiger partial charge in [0.15, 0.2) is 0 Å². The second kappa shape index (κ2) is 9.56. The van der Waals surface area contributed by atoms with Gasteiger partial charge in [-0.15, -0.1) is 11.3 Å². The van der Waals surface area contributed by atoms with Crippen LogP contribution in [0.5, 0.6) is 0 Å². The van der Waals surface area contributed by atoms with Gasteiger partial charge in [0, 0.05) is 64.0 Å². The number of thiophene rings is 1. The van der Waals surface area contributed by atoms with Crippen molar-refractivity contribution in [2.75, 3.05) is 0 Å². The average molecular weight is 593 g/mol. The van der Waals surface area contributed by atoms with Gasteiger partial charge in [-0.1, -0.05) is 103 Å². The smallest absolute Gasteiger partial charge is 0.0541 e. The lowest BCUT2D eigenvalue weighted by Crippen LogP contribution is -2.27. The van der Waals surface area contributed by atoms with Crippen molar-refractivity contribution >= 4 is 76.4 Å². The van der Waals surface area contributed by atoms with E-state index in [1.54, 1.807) is 0 Å². The lowest BCUT2D eigenvalue weighted by molar-refractivity contribution is 0.921. The Kier molecular flexibility index (Phi) is 5.31. The number of hydrogen-bond donors (Lipinski definition) is 1. The van der Waals surface area contributed by atoms with E-state index in [-0.39, 0.29) is 0 Å². The predicted molar refractivity (Wildman–Crippen MR) is 193 cm³/mol. The molecule has 10 rings (SSSR count). The summed E-state index contributed by atoms with van der Waals surface area (Å²) in [5.41, 5.74) is 8.78. The van der Waals surface area contributed by atoms with E-state index in [2.05, 4.69) is 155 Å². The first kappa shape index (κ1) is 25.0. The summed E-state index contributed by atoms with van der Waals surface area (Å²) in [6, 6.07) is 49.1. The number of aromatic amines is 1. The molecule has 0 amide bonds. The highest BCUT2D eigenvalue weighted by molar-refractivity contribution is 7.26. The van der Waals surface area contributed by atoms with Crippen LogP contribution in [0.15, 0.2) is 133 Å². The lowest BCUT2D eigenvalue weighted by atomic mass is 9.90. The van der Waals surface area contributed by atoms with Crippen LogP contribution in [-0.2, 0) is 0 Å². The minimum Gasteiger partial charge on any atom is -0.355 e. The second-order valence-electron chi connectivity index (χ2n) is 12.2. The van der Waals surface area contributed by atoms with E-state index in [1.807, 2.05) is 11.3 Å². The minimum absolute atomic E-state index is 0.346. The Hall–Kier alpha value is -5.38. The quantitative estimate of drug-likeness (QED) is 0.211. The molecule has 0 radical (unpaired) electrons. The van der Waals surface area contributed by atoms with E-state index >= 15 is 0 Å². The highest BCUT2D eigenvalue weighted by atomic mass is 32.1. The van der Waals surface area contributed by atoms with Gasteiger partial charge in [0.2, 0.25) is 0 Å². The van der Waals surface area contributed by atoms with E-state index in [4.69, 9.17) is 0 Å². The zero-order chi connectivity index (χ0) is 29.5. The fourth-order valence-corrected chi connectivity index (χ4v) is 8.77. The molecule has 9 aromatic rings. The second-order valence-corrected chi connectivity index (χ2v) is 13.2. The summed E-state index contributed by atoms with van der Waals surface area (Å²) in [5.74, 6) is 0.346. The first-order chi connectivity index (χ1) is 22.3. The van der Waals surface area contributed by atoms with Gasteiger partial charge < -0.3 is 9.55 Å². The number of hydrogen-bond acceptors (Lipinski definition) is 1. The largest absolute Gasteiger partial charge is 0.355 e. The van der Waals surface area contributed by atoms with Crippen LogP contribution in [0.1, 0.15) is 17.9 Å². The summed E-state index contributed by atoms with van der Waals surface area (Å²) in [4.78, 5) is 3.60. The predicted octanol–water partition coefficient (Wildman–Crippen LogP) is 10.0. The molecule has 0 spiro atoms. The molecule has 1 N–H and O–H groups in total. The van der Waals surface area contributed by atoms with Crippen molar-refractivity contribution in [3.63, 3.8) is 0 Å². The number of fused-ring (bicyclic) bond motifs is 9. The molecular formula is C42H28N2S. The fourth-order valence-electron chi connectivity index (χ4n) is 7.54. The summed E-state index contributed by atoms with van der Waals surface area (Å²) >= 11 is 1.89. The molecule has 0 saturated carbocycles. The molecule has 3 aromatic heterocycles. The maximum atomic E-state index is 3.60. The molecule has 1 aliphatic rings. The molecule has 0 fully saturated rings. The Bertz CT molecular complexity index is 2740. The molecule has 0 bridgehead atoms. The minimum atomic E-state index is 0.346. The first-order valence-corrected chi connectivity index (χ1v) is 16.4. The number of benzene rings is 6. The lowest BCUT2D eigenvalue weighted by Gasteiger charge is -2.14. The van der Waals surface area contributed by atoms with Gasteiger partial charge in [-0.2, -0.15) is 0 Å². The van der Waals surface area contributed by atoms with Crippen molar-refractivity contribution in [2.45, 2.75) is 12.3 Å². The third-order valence-electron chi connectivity index (χ3n) is 9.69. The molecule has 212 valence electrons. The molecular weight excluding hydrogens is 565 g/mol. The van der Waals surface area contributed by atoms with Crippen LogP contribution >= 0.6 is 11.3 Å². The first-order valence-electron chi connectivity index (χ1n) is 15.6. The summed E-state index contributed by atoms with van der Waals surface area (Å²) < 4.78 is 5.12. The summed E-state index contributed by atoms with van der Waals surface area (Å²) in [6.45, 7) is 0. The van der Waals surface area contributed by atoms with E-state index in [1.165, 1.54) is 85.8 Å². The zero-order valence-electron chi connectivity index (χ0n) is 24.5. The fraction of sp³-hybridized carbons (Fsp3) is 0.0476. The van der Waals surface area contributed by atoms with Gasteiger partial charge in [-0.3, -0.25) is 0 Å². The number of rotatable bonds is 3. The molecule has 6 aromatic carbocycles. The average Bonchev–Trinajstić information content (AvgIpc) is 3.77. The standard InChI is InChI=1S/C42H28N2S/c1-4-13-37-31(8-1)35-24-27(18-22-38(35)43-37)28-19-23-40-36(25-28)32-9-2-5-14-39(32)44(40)29-20-16-26(17-21-29)30-11-7-12-34-33-10-3-6-15-41(33)45-42(30)34/h1-17,19-25,27,43H,18H2. The summed E-state index contributed by atoms with van der Waals surface area (Å²) in [6.07, 6.45) is 5.83. The van der Waals surface area contributed by atoms with Crippen LogP contribution in [0.2, 0.25) is 0 Å². The molecule has 0 saturated heterocycles. The topological polar surface area (TPSA) is 20.7 Å². The third-order valence-corrected chi connectivity index (χ3v) is 10.9. The van der Waals surface area contributed by atoms with E-state index < -0.39 is 0 Å². The van der Waals surface area contributed by atoms with Crippen molar-refractivity contribution in [1.82, 2.24) is 9.55 Å². The van der Waals surface area contributed by atoms with Crippen LogP contribution in [0.25, 0.3) is 81.8 Å². The summed E-state index contributed by atoms with van der Waals surface area (Å²) in [7, 11) is 0. The Morgan fingerprint density at radius 3 is 2.29 bits per heavy atom. The molecule has 1 aliphatic carbocycles. The van der Waals surface area contributed by atoms with Crippen LogP contribution in [0, 0.1) is 0 Å². The van der Waals surface area contributed by atoms with Gasteiger partial charge in [0.05, 0.1) is 11.0 Å². The molecule has 2 nitrogen and oxygen atoms in total. The van der Waals surface area contributed by atoms with Crippen LogP contribution < -0.4 is 10.6 Å². The number of aromatic nitrogens is 2. The number of nitrogens with zero attached hydrogens (tertiary/aromatic N) is 1. The van der Waals surface area contributed by atoms with Gasteiger partial charge >= 0.3 is 0 Å². The van der Waals surface area contributed by atoms with Gasteiger partial charge in [-0.05, 0) is 65.6 Å². The molecule has 45 heavy (non-hydrogen) atoms. The van der Waals surface area contributed by atoms with Gasteiger partial charge in [0.25, 0.3) is 0 Å². The molecule has 3 heteroatoms. The number of H-pyrrole nitrogens is 1. The Balaban J connectivity index is 1.09. The van der Waals surface area contributed by atoms with Crippen molar-refractivity contribution in [3.8, 4) is 16.8 Å². The highest BCUT2D eigenvalue weighted by Crippen LogP contribution is 2.40. The molecule has 1 unspecified atom stereocenters. The highest BCUT2D eigenvalue weighted by Gasteiger charge is 2.18. The van der Waals surface area contributed by atoms with Gasteiger partial charge in [-0.25, -0.2) is 0 Å². The van der Waals surface area contributed by atoms with Crippen molar-refractivity contribution in [3.05, 3.63) is 150 Å². The summed E-state index contributed by atoms with van der Waals surface area (Å²) in [5, 5.41) is 9.16. The van der Waals surface area contributed by atoms with Crippen LogP contribution in [0.4, 0.5) is 0 Å². The monoisotopic (exact) mass is 592 g/mol. The van der Waals surface area contributed by atoms with Crippen LogP contribution in [-0.4, -0.2) is 9.55 Å². The third kappa shape index (κ3) is 3.74. The Labute approximate surface area is 263 Å². The number of nitrogens with one attached hydrogen (secondary N) is 1. The van der Waals surface area contributed by atoms with Crippen molar-refractivity contribution in [1.29, 1.82) is 0 Å². The van der Waals surface area contributed by atoms with E-state index in [0.717, 1.165) is 6.42 Å². The SMILES string of the molecule is C1=c2[nH]c3ccccc3c2=CC(c2ccc3c(c2)c2ccccc2n3-c2ccc(-c3cccc4c3sc3ccccc34)cc2)C1. The normalized spacial score (nSPS) is 14.7. The van der Waals surface area contributed by atoms with Crippen molar-refractivity contribution < 1.29 is 0 Å². The zero-order valence-corrected chi connectivity index (χ0v) is 25.3. The van der Waals surface area contributed by atoms with Gasteiger partial charge in [0.1, 0.15) is 0 Å². The molecule has 1 atom stereocenters. The number of para-hydroxylation sites is 2. The maximum absolute atomic E-state index is 3.60. The maximum Gasteiger partial charge on any atom is 0.0541 e. The van der Waals surface area contributed by atoms with Crippen molar-refractivity contribution in [2.24, 2.45) is 0 Å². The van der Waals surface area contributed by atoms with E-state index in [9.17, 15) is 0 Å². The molecule has 3 heterocycles. The van der Waals surface area contributed by atoms with E-state index in [0.29, 0.717) is 5.92 Å². The Morgan fingerprint density at radius 2 is 1.38 bits per heavy atom. The Morgan fingerprint density at radius 1 is 0.622 bits per heavy atom.